The average molecular weight is 273 g/mol. The zero-order chi connectivity index (χ0) is 14.9. The van der Waals surface area contributed by atoms with E-state index in [9.17, 15) is 14.4 Å². The maximum Gasteiger partial charge on any atom is 0.233 e. The minimum absolute atomic E-state index is 0.125. The van der Waals surface area contributed by atoms with Crippen LogP contribution >= 0.6 is 0 Å². The Balaban J connectivity index is 2.49. The van der Waals surface area contributed by atoms with Gasteiger partial charge in [0, 0.05) is 29.8 Å². The Kier molecular flexibility index (Phi) is 3.70. The number of rotatable bonds is 3. The molecule has 1 aliphatic carbocycles. The number of Topliss-reactive ketones (excluding diaryl/α,β-unsaturated/α-hetero) is 1. The molecule has 0 radical (unpaired) electrons. The number of carbonyl (C=O) groups is 3. The van der Waals surface area contributed by atoms with E-state index in [0.717, 1.165) is 0 Å². The van der Waals surface area contributed by atoms with Crippen LogP contribution in [0.4, 0.5) is 5.69 Å². The van der Waals surface area contributed by atoms with Gasteiger partial charge in [0.25, 0.3) is 0 Å². The molecular formula is C15H15NO4. The number of nitrogens with one attached hydrogen (secondary N) is 1. The van der Waals surface area contributed by atoms with Crippen molar-refractivity contribution >= 4 is 28.9 Å². The first kappa shape index (κ1) is 14.0. The first-order chi connectivity index (χ1) is 9.38. The lowest BCUT2D eigenvalue weighted by molar-refractivity contribution is -0.114. The van der Waals surface area contributed by atoms with Crippen LogP contribution in [-0.2, 0) is 14.3 Å². The molecule has 0 aliphatic heterocycles. The first-order valence-corrected chi connectivity index (χ1v) is 6.27. The van der Waals surface area contributed by atoms with Crippen molar-refractivity contribution in [1.29, 1.82) is 0 Å². The van der Waals surface area contributed by atoms with Gasteiger partial charge in [0.2, 0.25) is 17.5 Å². The molecule has 0 bridgehead atoms. The molecule has 1 aromatic carbocycles. The van der Waals surface area contributed by atoms with Crippen LogP contribution in [0.25, 0.3) is 5.76 Å². The first-order valence-electron chi connectivity index (χ1n) is 6.27. The Bertz CT molecular complexity index is 629. The molecule has 1 aliphatic rings. The maximum absolute atomic E-state index is 11.8. The highest BCUT2D eigenvalue weighted by atomic mass is 16.5. The van der Waals surface area contributed by atoms with E-state index in [-0.39, 0.29) is 12.0 Å². The second-order valence-corrected chi connectivity index (χ2v) is 4.81. The number of allylic oxidation sites excluding steroid dienone is 1. The minimum atomic E-state index is -0.597. The number of benzene rings is 1. The summed E-state index contributed by atoms with van der Waals surface area (Å²) in [7, 11) is 0. The fourth-order valence-corrected chi connectivity index (χ4v) is 1.97. The van der Waals surface area contributed by atoms with Gasteiger partial charge in [0.15, 0.2) is 0 Å². The third-order valence-electron chi connectivity index (χ3n) is 2.70. The van der Waals surface area contributed by atoms with Crippen LogP contribution in [-0.4, -0.2) is 23.6 Å². The maximum atomic E-state index is 11.8. The molecule has 1 amide bonds. The van der Waals surface area contributed by atoms with Crippen molar-refractivity contribution in [2.45, 2.75) is 26.9 Å². The van der Waals surface area contributed by atoms with Crippen LogP contribution in [0.2, 0.25) is 0 Å². The summed E-state index contributed by atoms with van der Waals surface area (Å²) >= 11 is 0. The molecule has 5 nitrogen and oxygen atoms in total. The molecular weight excluding hydrogens is 258 g/mol. The molecule has 0 saturated heterocycles. The highest BCUT2D eigenvalue weighted by Crippen LogP contribution is 2.29. The molecule has 0 atom stereocenters. The average Bonchev–Trinajstić information content (AvgIpc) is 2.34. The predicted octanol–water partition coefficient (Wildman–Crippen LogP) is 2.18. The number of ketones is 2. The number of amides is 1. The molecule has 104 valence electrons. The van der Waals surface area contributed by atoms with Gasteiger partial charge in [-0.2, -0.15) is 0 Å². The summed E-state index contributed by atoms with van der Waals surface area (Å²) in [4.78, 5) is 34.6. The van der Waals surface area contributed by atoms with Crippen molar-refractivity contribution < 1.29 is 19.1 Å². The molecule has 5 heteroatoms. The van der Waals surface area contributed by atoms with E-state index in [1.54, 1.807) is 12.1 Å². The van der Waals surface area contributed by atoms with E-state index in [4.69, 9.17) is 4.74 Å². The van der Waals surface area contributed by atoms with Gasteiger partial charge < -0.3 is 10.1 Å². The number of hydrogen-bond donors (Lipinski definition) is 1. The van der Waals surface area contributed by atoms with E-state index in [2.05, 4.69) is 5.32 Å². The van der Waals surface area contributed by atoms with Gasteiger partial charge in [0.1, 0.15) is 5.76 Å². The van der Waals surface area contributed by atoms with Crippen molar-refractivity contribution in [2.24, 2.45) is 0 Å². The fourth-order valence-electron chi connectivity index (χ4n) is 1.97. The van der Waals surface area contributed by atoms with Gasteiger partial charge in [-0.3, -0.25) is 14.4 Å². The van der Waals surface area contributed by atoms with Gasteiger partial charge in [-0.15, -0.1) is 0 Å². The predicted molar refractivity (Wildman–Crippen MR) is 74.3 cm³/mol. The standard InChI is InChI=1S/C15H15NO4/c1-8(2)20-14-7-13(18)15(19)11-5-4-10(6-12(11)14)16-9(3)17/h4-8H,1-3H3,(H,16,17). The van der Waals surface area contributed by atoms with Gasteiger partial charge in [-0.1, -0.05) is 0 Å². The summed E-state index contributed by atoms with van der Waals surface area (Å²) in [5.41, 5.74) is 1.37. The Morgan fingerprint density at radius 3 is 2.50 bits per heavy atom. The number of fused-ring (bicyclic) bond motifs is 1. The molecule has 0 fully saturated rings. The Morgan fingerprint density at radius 2 is 1.90 bits per heavy atom. The normalized spacial score (nSPS) is 13.9. The quantitative estimate of drug-likeness (QED) is 0.857. The van der Waals surface area contributed by atoms with E-state index < -0.39 is 11.6 Å². The summed E-state index contributed by atoms with van der Waals surface area (Å²) < 4.78 is 5.57. The Morgan fingerprint density at radius 1 is 1.20 bits per heavy atom. The molecule has 1 aromatic rings. The Labute approximate surface area is 116 Å². The van der Waals surface area contributed by atoms with Crippen LogP contribution in [0, 0.1) is 0 Å². The number of anilines is 1. The topological polar surface area (TPSA) is 72.5 Å². The molecule has 0 heterocycles. The van der Waals surface area contributed by atoms with Crippen molar-refractivity contribution in [1.82, 2.24) is 0 Å². The van der Waals surface area contributed by atoms with Crippen molar-refractivity contribution in [3.05, 3.63) is 35.4 Å². The summed E-state index contributed by atoms with van der Waals surface area (Å²) in [6.07, 6.45) is 1.07. The zero-order valence-electron chi connectivity index (χ0n) is 11.5. The molecule has 20 heavy (non-hydrogen) atoms. The van der Waals surface area contributed by atoms with Crippen LogP contribution in [0.1, 0.15) is 36.7 Å². The van der Waals surface area contributed by atoms with Crippen molar-refractivity contribution in [3.63, 3.8) is 0 Å². The van der Waals surface area contributed by atoms with E-state index in [1.165, 1.54) is 19.1 Å². The minimum Gasteiger partial charge on any atom is -0.490 e. The lowest BCUT2D eigenvalue weighted by atomic mass is 9.93. The molecule has 0 spiro atoms. The molecule has 0 aromatic heterocycles. The number of carbonyl (C=O) groups excluding carboxylic acids is 3. The third kappa shape index (κ3) is 2.77. The third-order valence-corrected chi connectivity index (χ3v) is 2.70. The second kappa shape index (κ2) is 5.28. The molecule has 1 N–H and O–H groups in total. The number of ether oxygens (including phenoxy) is 1. The van der Waals surface area contributed by atoms with E-state index in [1.807, 2.05) is 13.8 Å². The van der Waals surface area contributed by atoms with Crippen LogP contribution in [0.15, 0.2) is 24.3 Å². The largest absolute Gasteiger partial charge is 0.490 e. The highest BCUT2D eigenvalue weighted by Gasteiger charge is 2.27. The summed E-state index contributed by atoms with van der Waals surface area (Å²) in [6, 6.07) is 4.75. The lowest BCUT2D eigenvalue weighted by Gasteiger charge is -2.20. The summed E-state index contributed by atoms with van der Waals surface area (Å²) in [6.45, 7) is 5.06. The van der Waals surface area contributed by atoms with Crippen LogP contribution in [0.3, 0.4) is 0 Å². The second-order valence-electron chi connectivity index (χ2n) is 4.81. The molecule has 0 saturated carbocycles. The van der Waals surface area contributed by atoms with Crippen molar-refractivity contribution in [2.75, 3.05) is 5.32 Å². The SMILES string of the molecule is CC(=O)Nc1ccc2c(c1)C(OC(C)C)=CC(=O)C2=O. The van der Waals surface area contributed by atoms with Gasteiger partial charge in [-0.25, -0.2) is 0 Å². The van der Waals surface area contributed by atoms with E-state index >= 15 is 0 Å². The van der Waals surface area contributed by atoms with Crippen LogP contribution in [0.5, 0.6) is 0 Å². The van der Waals surface area contributed by atoms with Crippen LogP contribution < -0.4 is 5.32 Å². The molecule has 2 rings (SSSR count). The smallest absolute Gasteiger partial charge is 0.233 e. The van der Waals surface area contributed by atoms with E-state index in [0.29, 0.717) is 22.6 Å². The highest BCUT2D eigenvalue weighted by molar-refractivity contribution is 6.50. The molecule has 0 unspecified atom stereocenters. The summed E-state index contributed by atoms with van der Waals surface area (Å²) in [5.74, 6) is -1.02. The number of hydrogen-bond acceptors (Lipinski definition) is 4. The Hall–Kier alpha value is -2.43. The monoisotopic (exact) mass is 273 g/mol. The lowest BCUT2D eigenvalue weighted by Crippen LogP contribution is -2.21. The fraction of sp³-hybridized carbons (Fsp3) is 0.267. The van der Waals surface area contributed by atoms with Crippen molar-refractivity contribution in [3.8, 4) is 0 Å². The van der Waals surface area contributed by atoms with Gasteiger partial charge in [-0.05, 0) is 32.0 Å². The zero-order valence-corrected chi connectivity index (χ0v) is 11.5. The van der Waals surface area contributed by atoms with Gasteiger partial charge >= 0.3 is 0 Å². The van der Waals surface area contributed by atoms with Gasteiger partial charge in [0.05, 0.1) is 6.10 Å². The summed E-state index contributed by atoms with van der Waals surface area (Å²) in [5, 5.41) is 2.64.